The predicted molar refractivity (Wildman–Crippen MR) is 47.0 cm³/mol. The molecule has 0 saturated carbocycles. The summed E-state index contributed by atoms with van der Waals surface area (Å²) in [6, 6.07) is 0.536. The molecule has 1 heterocycles. The van der Waals surface area contributed by atoms with Crippen LogP contribution < -0.4 is 5.84 Å². The van der Waals surface area contributed by atoms with Crippen LogP contribution >= 0.6 is 0 Å². The minimum atomic E-state index is 0.536. The van der Waals surface area contributed by atoms with E-state index in [9.17, 15) is 0 Å². The van der Waals surface area contributed by atoms with Crippen LogP contribution in [0.4, 0.5) is 0 Å². The Morgan fingerprint density at radius 3 is 2.64 bits per heavy atom. The Hall–Kier alpha value is -0.120. The summed E-state index contributed by atoms with van der Waals surface area (Å²) in [6.07, 6.45) is 1.27. The van der Waals surface area contributed by atoms with Crippen molar-refractivity contribution >= 4 is 0 Å². The van der Waals surface area contributed by atoms with Crippen molar-refractivity contribution in [3.63, 3.8) is 0 Å². The molecule has 66 valence electrons. The van der Waals surface area contributed by atoms with Crippen molar-refractivity contribution in [1.29, 1.82) is 0 Å². The molecule has 1 saturated heterocycles. The van der Waals surface area contributed by atoms with E-state index in [-0.39, 0.29) is 0 Å². The van der Waals surface area contributed by atoms with Gasteiger partial charge in [0.05, 0.1) is 0 Å². The topological polar surface area (TPSA) is 32.5 Å². The van der Waals surface area contributed by atoms with E-state index in [0.29, 0.717) is 6.04 Å². The number of likely N-dealkylation sites (tertiary alicyclic amines) is 1. The van der Waals surface area contributed by atoms with Crippen molar-refractivity contribution < 1.29 is 0 Å². The lowest BCUT2D eigenvalue weighted by Crippen LogP contribution is -2.52. The first kappa shape index (κ1) is 8.97. The van der Waals surface area contributed by atoms with Crippen LogP contribution in [0.1, 0.15) is 13.3 Å². The summed E-state index contributed by atoms with van der Waals surface area (Å²) >= 11 is 0. The number of likely N-dealkylation sites (N-methyl/N-ethyl adjacent to an activating group) is 2. The minimum absolute atomic E-state index is 0.536. The first-order valence-electron chi connectivity index (χ1n) is 4.27. The highest BCUT2D eigenvalue weighted by Crippen LogP contribution is 2.17. The summed E-state index contributed by atoms with van der Waals surface area (Å²) < 4.78 is 0. The van der Waals surface area contributed by atoms with Crippen LogP contribution in [0.2, 0.25) is 0 Å². The van der Waals surface area contributed by atoms with Gasteiger partial charge in [-0.15, -0.1) is 0 Å². The van der Waals surface area contributed by atoms with Gasteiger partial charge in [-0.2, -0.15) is 0 Å². The molecule has 1 rings (SSSR count). The molecule has 2 N–H and O–H groups in total. The Kier molecular flexibility index (Phi) is 2.87. The largest absolute Gasteiger partial charge is 0.305 e. The average Bonchev–Trinajstić information content (AvgIpc) is 1.94. The first-order chi connectivity index (χ1) is 5.11. The van der Waals surface area contributed by atoms with Gasteiger partial charge < -0.3 is 4.90 Å². The maximum Gasteiger partial charge on any atom is 0.0391 e. The summed E-state index contributed by atoms with van der Waals surface area (Å²) in [6.45, 7) is 4.60. The highest BCUT2D eigenvalue weighted by atomic mass is 15.4. The zero-order valence-corrected chi connectivity index (χ0v) is 7.75. The molecular weight excluding hydrogens is 138 g/mol. The zero-order chi connectivity index (χ0) is 8.43. The normalized spacial score (nSPS) is 34.6. The molecule has 0 aliphatic carbocycles. The van der Waals surface area contributed by atoms with E-state index >= 15 is 0 Å². The molecular formula is C8H19N3. The van der Waals surface area contributed by atoms with E-state index in [2.05, 4.69) is 18.9 Å². The second-order valence-electron chi connectivity index (χ2n) is 3.76. The van der Waals surface area contributed by atoms with E-state index < -0.39 is 0 Å². The first-order valence-corrected chi connectivity index (χ1v) is 4.27. The third-order valence-electron chi connectivity index (χ3n) is 2.64. The molecule has 0 aromatic carbocycles. The molecule has 2 atom stereocenters. The smallest absolute Gasteiger partial charge is 0.0391 e. The molecule has 3 heteroatoms. The van der Waals surface area contributed by atoms with Crippen molar-refractivity contribution in [3.05, 3.63) is 0 Å². The average molecular weight is 157 g/mol. The van der Waals surface area contributed by atoms with Crippen LogP contribution in [-0.4, -0.2) is 43.1 Å². The number of piperidine rings is 1. The fourth-order valence-corrected chi connectivity index (χ4v) is 1.74. The Morgan fingerprint density at radius 1 is 1.55 bits per heavy atom. The van der Waals surface area contributed by atoms with E-state index in [4.69, 9.17) is 5.84 Å². The number of hydrazine groups is 1. The van der Waals surface area contributed by atoms with E-state index in [0.717, 1.165) is 12.5 Å². The maximum absolute atomic E-state index is 5.73. The highest BCUT2D eigenvalue weighted by Gasteiger charge is 2.25. The van der Waals surface area contributed by atoms with Gasteiger partial charge in [-0.1, -0.05) is 6.92 Å². The summed E-state index contributed by atoms with van der Waals surface area (Å²) in [5.41, 5.74) is 0. The molecule has 1 fully saturated rings. The Morgan fingerprint density at radius 2 is 2.18 bits per heavy atom. The Balaban J connectivity index is 2.47. The molecule has 3 nitrogen and oxygen atoms in total. The molecule has 0 bridgehead atoms. The molecule has 0 amide bonds. The van der Waals surface area contributed by atoms with Crippen molar-refractivity contribution in [2.24, 2.45) is 11.8 Å². The fourth-order valence-electron chi connectivity index (χ4n) is 1.74. The second kappa shape index (κ2) is 3.52. The third-order valence-corrected chi connectivity index (χ3v) is 2.64. The molecule has 0 radical (unpaired) electrons. The zero-order valence-electron chi connectivity index (χ0n) is 7.75. The Labute approximate surface area is 69.1 Å². The number of rotatable bonds is 1. The number of hydrogen-bond acceptors (Lipinski definition) is 3. The summed E-state index contributed by atoms with van der Waals surface area (Å²) in [7, 11) is 4.11. The highest BCUT2D eigenvalue weighted by molar-refractivity contribution is 4.80. The maximum atomic E-state index is 5.73. The second-order valence-corrected chi connectivity index (χ2v) is 3.76. The van der Waals surface area contributed by atoms with Gasteiger partial charge in [-0.3, -0.25) is 5.84 Å². The molecule has 1 aliphatic heterocycles. The van der Waals surface area contributed by atoms with Crippen LogP contribution in [0.25, 0.3) is 0 Å². The monoisotopic (exact) mass is 157 g/mol. The van der Waals surface area contributed by atoms with Crippen molar-refractivity contribution in [1.82, 2.24) is 9.91 Å². The van der Waals surface area contributed by atoms with E-state index in [1.807, 2.05) is 12.1 Å². The number of nitrogens with zero attached hydrogens (tertiary/aromatic N) is 2. The van der Waals surface area contributed by atoms with Crippen molar-refractivity contribution in [2.45, 2.75) is 19.4 Å². The van der Waals surface area contributed by atoms with Crippen LogP contribution in [0.5, 0.6) is 0 Å². The quantitative estimate of drug-likeness (QED) is 0.434. The van der Waals surface area contributed by atoms with Crippen LogP contribution in [-0.2, 0) is 0 Å². The number of hydrogen-bond donors (Lipinski definition) is 1. The van der Waals surface area contributed by atoms with Gasteiger partial charge in [0.25, 0.3) is 0 Å². The van der Waals surface area contributed by atoms with Gasteiger partial charge in [0.15, 0.2) is 0 Å². The van der Waals surface area contributed by atoms with E-state index in [1.54, 1.807) is 0 Å². The molecule has 0 aromatic heterocycles. The summed E-state index contributed by atoms with van der Waals surface area (Å²) in [4.78, 5) is 2.34. The van der Waals surface area contributed by atoms with Gasteiger partial charge in [0.2, 0.25) is 0 Å². The van der Waals surface area contributed by atoms with Crippen LogP contribution in [0.3, 0.4) is 0 Å². The molecule has 0 unspecified atom stereocenters. The van der Waals surface area contributed by atoms with Gasteiger partial charge in [-0.05, 0) is 25.9 Å². The van der Waals surface area contributed by atoms with Crippen LogP contribution in [0, 0.1) is 5.92 Å². The summed E-state index contributed by atoms with van der Waals surface area (Å²) in [5.74, 6) is 6.46. The predicted octanol–water partition coefficient (Wildman–Crippen LogP) is 0.132. The lowest BCUT2D eigenvalue weighted by molar-refractivity contribution is 0.0905. The fraction of sp³-hybridized carbons (Fsp3) is 1.00. The van der Waals surface area contributed by atoms with Crippen molar-refractivity contribution in [2.75, 3.05) is 27.2 Å². The number of nitrogens with two attached hydrogens (primary N) is 1. The molecule has 11 heavy (non-hydrogen) atoms. The van der Waals surface area contributed by atoms with Gasteiger partial charge in [0, 0.05) is 19.6 Å². The van der Waals surface area contributed by atoms with Crippen LogP contribution in [0.15, 0.2) is 0 Å². The minimum Gasteiger partial charge on any atom is -0.305 e. The standard InChI is InChI=1S/C8H19N3/c1-7-4-5-10(2)6-8(7)11(3)9/h7-8H,4-6,9H2,1-3H3/t7-,8+/m1/s1. The van der Waals surface area contributed by atoms with Gasteiger partial charge >= 0.3 is 0 Å². The lowest BCUT2D eigenvalue weighted by atomic mass is 9.94. The van der Waals surface area contributed by atoms with Gasteiger partial charge in [-0.25, -0.2) is 5.01 Å². The SMILES string of the molecule is C[C@@H]1CCN(C)C[C@@H]1N(C)N. The molecule has 0 aromatic rings. The van der Waals surface area contributed by atoms with Gasteiger partial charge in [0.1, 0.15) is 0 Å². The van der Waals surface area contributed by atoms with E-state index in [1.165, 1.54) is 13.0 Å². The summed E-state index contributed by atoms with van der Waals surface area (Å²) in [5, 5.41) is 1.85. The van der Waals surface area contributed by atoms with Crippen molar-refractivity contribution in [3.8, 4) is 0 Å². The molecule has 0 spiro atoms. The molecule has 1 aliphatic rings. The Bertz CT molecular complexity index is 125. The lowest BCUT2D eigenvalue weighted by Gasteiger charge is -2.38. The third kappa shape index (κ3) is 2.15.